The van der Waals surface area contributed by atoms with Crippen LogP contribution in [0.4, 0.5) is 5.69 Å². The van der Waals surface area contributed by atoms with Gasteiger partial charge >= 0.3 is 5.97 Å². The average molecular weight is 744 g/mol. The fourth-order valence-corrected chi connectivity index (χ4v) is 7.50. The van der Waals surface area contributed by atoms with Crippen LogP contribution in [0.3, 0.4) is 0 Å². The van der Waals surface area contributed by atoms with Gasteiger partial charge in [-0.05, 0) is 91.9 Å². The van der Waals surface area contributed by atoms with E-state index in [2.05, 4.69) is 15.9 Å². The van der Waals surface area contributed by atoms with Crippen molar-refractivity contribution in [2.75, 3.05) is 4.90 Å². The molecule has 1 fully saturated rings. The topological polar surface area (TPSA) is 103 Å². The lowest BCUT2D eigenvalue weighted by molar-refractivity contribution is -0.122. The number of esters is 1. The Labute approximate surface area is 304 Å². The van der Waals surface area contributed by atoms with Gasteiger partial charge in [-0.1, -0.05) is 77.5 Å². The SMILES string of the molecule is Cc1cc(Br)cc2c(C(=O)OC(C)C(=O)c3ccc(OCc4ccccc4)cc3)cc(-c3ccc(N4C(=O)C5CC=CC(C)C5C4=O)cc3)nc12. The third-order valence-electron chi connectivity index (χ3n) is 9.62. The summed E-state index contributed by atoms with van der Waals surface area (Å²) in [4.78, 5) is 60.0. The number of carbonyl (C=O) groups is 4. The smallest absolute Gasteiger partial charge is 0.339 e. The molecule has 4 aromatic carbocycles. The number of aromatic nitrogens is 1. The third kappa shape index (κ3) is 6.73. The molecule has 5 aromatic rings. The molecule has 4 unspecified atom stereocenters. The third-order valence-corrected chi connectivity index (χ3v) is 10.1. The van der Waals surface area contributed by atoms with Gasteiger partial charge in [-0.2, -0.15) is 0 Å². The number of rotatable bonds is 9. The Morgan fingerprint density at radius 1 is 0.941 bits per heavy atom. The zero-order chi connectivity index (χ0) is 35.8. The van der Waals surface area contributed by atoms with Crippen molar-refractivity contribution in [3.63, 3.8) is 0 Å². The molecule has 8 nitrogen and oxygen atoms in total. The Balaban J connectivity index is 1.11. The van der Waals surface area contributed by atoms with E-state index in [1.807, 2.05) is 62.4 Å². The number of benzene rings is 4. The van der Waals surface area contributed by atoms with Gasteiger partial charge in [0.15, 0.2) is 6.10 Å². The molecular weight excluding hydrogens is 708 g/mol. The molecule has 1 aliphatic heterocycles. The summed E-state index contributed by atoms with van der Waals surface area (Å²) in [6.07, 6.45) is 3.48. The molecule has 7 rings (SSSR count). The van der Waals surface area contributed by atoms with Crippen LogP contribution in [-0.2, 0) is 20.9 Å². The first-order chi connectivity index (χ1) is 24.6. The summed E-state index contributed by atoms with van der Waals surface area (Å²) in [5, 5.41) is 0.574. The van der Waals surface area contributed by atoms with Gasteiger partial charge in [0, 0.05) is 21.0 Å². The summed E-state index contributed by atoms with van der Waals surface area (Å²) in [5.41, 5.74) is 4.80. The highest BCUT2D eigenvalue weighted by molar-refractivity contribution is 9.10. The van der Waals surface area contributed by atoms with E-state index in [1.165, 1.54) is 4.90 Å². The van der Waals surface area contributed by atoms with E-state index < -0.39 is 12.1 Å². The maximum absolute atomic E-state index is 13.8. The van der Waals surface area contributed by atoms with Gasteiger partial charge in [-0.15, -0.1) is 0 Å². The van der Waals surface area contributed by atoms with Crippen molar-refractivity contribution in [2.45, 2.75) is 39.9 Å². The molecule has 1 aromatic heterocycles. The van der Waals surface area contributed by atoms with Gasteiger partial charge in [0.2, 0.25) is 17.6 Å². The van der Waals surface area contributed by atoms with Crippen LogP contribution < -0.4 is 9.64 Å². The number of Topliss-reactive ketones (excluding diaryl/α,β-unsaturated/α-hetero) is 1. The number of hydrogen-bond donors (Lipinski definition) is 0. The van der Waals surface area contributed by atoms with Crippen molar-refractivity contribution in [3.05, 3.63) is 136 Å². The molecule has 0 bridgehead atoms. The molecule has 2 amide bonds. The normalized spacial score (nSPS) is 18.8. The van der Waals surface area contributed by atoms with Crippen LogP contribution in [0.5, 0.6) is 5.75 Å². The number of fused-ring (bicyclic) bond motifs is 2. The first-order valence-electron chi connectivity index (χ1n) is 16.9. The van der Waals surface area contributed by atoms with Crippen molar-refractivity contribution < 1.29 is 28.7 Å². The number of hydrogen-bond acceptors (Lipinski definition) is 7. The lowest BCUT2D eigenvalue weighted by atomic mass is 9.78. The number of halogens is 1. The van der Waals surface area contributed by atoms with Crippen LogP contribution in [-0.4, -0.2) is 34.7 Å². The highest BCUT2D eigenvalue weighted by Crippen LogP contribution is 2.41. The minimum atomic E-state index is -1.06. The first kappa shape index (κ1) is 34.1. The van der Waals surface area contributed by atoms with Crippen molar-refractivity contribution in [2.24, 2.45) is 17.8 Å². The molecule has 51 heavy (non-hydrogen) atoms. The lowest BCUT2D eigenvalue weighted by Crippen LogP contribution is -2.31. The molecule has 2 aliphatic rings. The lowest BCUT2D eigenvalue weighted by Gasteiger charge is -2.22. The minimum absolute atomic E-state index is 0.00366. The summed E-state index contributed by atoms with van der Waals surface area (Å²) in [5.74, 6) is -1.46. The number of anilines is 1. The summed E-state index contributed by atoms with van der Waals surface area (Å²) in [6, 6.07) is 29.0. The van der Waals surface area contributed by atoms with Crippen molar-refractivity contribution in [3.8, 4) is 17.0 Å². The van der Waals surface area contributed by atoms with Crippen molar-refractivity contribution in [1.29, 1.82) is 0 Å². The molecule has 9 heteroatoms. The highest BCUT2D eigenvalue weighted by atomic mass is 79.9. The summed E-state index contributed by atoms with van der Waals surface area (Å²) in [6.45, 7) is 5.83. The standard InChI is InChI=1S/C42H35BrN2O6/c1-24-8-7-11-33-37(24)41(48)45(40(33)47)31-16-12-28(13-17-31)36-22-35(34-21-30(43)20-25(2)38(34)44-36)42(49)51-26(3)39(46)29-14-18-32(19-15-29)50-23-27-9-5-4-6-10-27/h4-10,12-22,24,26,33,37H,11,23H2,1-3H3. The first-order valence-corrected chi connectivity index (χ1v) is 17.7. The average Bonchev–Trinajstić information content (AvgIpc) is 3.40. The van der Waals surface area contributed by atoms with Crippen LogP contribution in [0.15, 0.2) is 114 Å². The Morgan fingerprint density at radius 2 is 1.67 bits per heavy atom. The van der Waals surface area contributed by atoms with Gasteiger partial charge in [0.25, 0.3) is 0 Å². The second-order valence-corrected chi connectivity index (χ2v) is 14.0. The van der Waals surface area contributed by atoms with E-state index >= 15 is 0 Å². The fraction of sp³-hybridized carbons (Fsp3) is 0.214. The number of allylic oxidation sites excluding steroid dienone is 2. The van der Waals surface area contributed by atoms with E-state index in [0.717, 1.165) is 15.6 Å². The largest absolute Gasteiger partial charge is 0.489 e. The summed E-state index contributed by atoms with van der Waals surface area (Å²) in [7, 11) is 0. The number of nitrogens with zero attached hydrogens (tertiary/aromatic N) is 2. The van der Waals surface area contributed by atoms with E-state index in [9.17, 15) is 19.2 Å². The van der Waals surface area contributed by atoms with Gasteiger partial charge in [0.1, 0.15) is 12.4 Å². The molecule has 4 atom stereocenters. The van der Waals surface area contributed by atoms with Gasteiger partial charge in [-0.25, -0.2) is 9.78 Å². The Kier molecular flexibility index (Phi) is 9.40. The molecule has 2 heterocycles. The molecule has 0 saturated carbocycles. The molecule has 256 valence electrons. The van der Waals surface area contributed by atoms with Gasteiger partial charge in [-0.3, -0.25) is 19.3 Å². The van der Waals surface area contributed by atoms with Gasteiger partial charge < -0.3 is 9.47 Å². The Bertz CT molecular complexity index is 2200. The van der Waals surface area contributed by atoms with Crippen LogP contribution in [0.2, 0.25) is 0 Å². The van der Waals surface area contributed by atoms with Crippen LogP contribution >= 0.6 is 15.9 Å². The molecule has 1 aliphatic carbocycles. The molecule has 1 saturated heterocycles. The number of pyridine rings is 1. The predicted octanol–water partition coefficient (Wildman–Crippen LogP) is 8.68. The summed E-state index contributed by atoms with van der Waals surface area (Å²) >= 11 is 3.53. The minimum Gasteiger partial charge on any atom is -0.489 e. The van der Waals surface area contributed by atoms with E-state index in [0.29, 0.717) is 52.2 Å². The monoisotopic (exact) mass is 742 g/mol. The van der Waals surface area contributed by atoms with Crippen LogP contribution in [0.25, 0.3) is 22.2 Å². The zero-order valence-corrected chi connectivity index (χ0v) is 29.9. The molecule has 0 radical (unpaired) electrons. The highest BCUT2D eigenvalue weighted by Gasteiger charge is 2.50. The number of ether oxygens (including phenoxy) is 2. The number of amides is 2. The summed E-state index contributed by atoms with van der Waals surface area (Å²) < 4.78 is 12.4. The zero-order valence-electron chi connectivity index (χ0n) is 28.3. The number of ketones is 1. The van der Waals surface area contributed by atoms with Crippen molar-refractivity contribution >= 4 is 56.1 Å². The van der Waals surface area contributed by atoms with Crippen LogP contribution in [0.1, 0.15) is 52.1 Å². The van der Waals surface area contributed by atoms with E-state index in [-0.39, 0.29) is 40.9 Å². The Morgan fingerprint density at radius 3 is 2.37 bits per heavy atom. The van der Waals surface area contributed by atoms with Crippen LogP contribution in [0, 0.1) is 24.7 Å². The van der Waals surface area contributed by atoms with E-state index in [1.54, 1.807) is 67.6 Å². The molecule has 0 spiro atoms. The maximum Gasteiger partial charge on any atom is 0.339 e. The maximum atomic E-state index is 13.8. The number of imide groups is 1. The predicted molar refractivity (Wildman–Crippen MR) is 198 cm³/mol. The van der Waals surface area contributed by atoms with Crippen molar-refractivity contribution in [1.82, 2.24) is 4.98 Å². The Hall–Kier alpha value is -5.41. The quantitative estimate of drug-likeness (QED) is 0.0645. The number of aryl methyl sites for hydroxylation is 1. The second-order valence-electron chi connectivity index (χ2n) is 13.1. The number of carbonyl (C=O) groups excluding carboxylic acids is 4. The molecular formula is C42H35BrN2O6. The van der Waals surface area contributed by atoms with Gasteiger partial charge in [0.05, 0.1) is 34.3 Å². The van der Waals surface area contributed by atoms with E-state index in [4.69, 9.17) is 14.5 Å². The molecule has 0 N–H and O–H groups in total. The second kappa shape index (κ2) is 14.1. The fourth-order valence-electron chi connectivity index (χ4n) is 6.93.